The van der Waals surface area contributed by atoms with Crippen LogP contribution < -0.4 is 25.1 Å². The van der Waals surface area contributed by atoms with E-state index in [4.69, 9.17) is 14.2 Å². The van der Waals surface area contributed by atoms with E-state index in [2.05, 4.69) is 10.4 Å². The number of ether oxygens (including phenoxy) is 3. The Morgan fingerprint density at radius 3 is 2.29 bits per heavy atom. The number of benzene rings is 2. The van der Waals surface area contributed by atoms with Crippen LogP contribution in [0.25, 0.3) is 11.3 Å². The first kappa shape index (κ1) is 21.8. The molecule has 0 aliphatic rings. The van der Waals surface area contributed by atoms with E-state index in [0.29, 0.717) is 28.5 Å². The van der Waals surface area contributed by atoms with Crippen LogP contribution >= 0.6 is 0 Å². The summed E-state index contributed by atoms with van der Waals surface area (Å²) in [6.45, 7) is 0.143. The fourth-order valence-corrected chi connectivity index (χ4v) is 2.75. The van der Waals surface area contributed by atoms with Crippen LogP contribution in [0.2, 0.25) is 0 Å². The summed E-state index contributed by atoms with van der Waals surface area (Å²) < 4.78 is 30.1. The minimum atomic E-state index is -0.357. The predicted octanol–water partition coefficient (Wildman–Crippen LogP) is 2.26. The molecule has 0 fully saturated rings. The zero-order chi connectivity index (χ0) is 22.2. The molecule has 0 saturated carbocycles. The summed E-state index contributed by atoms with van der Waals surface area (Å²) in [6, 6.07) is 13.7. The molecule has 0 atom stereocenters. The molecule has 162 valence electrons. The molecule has 1 aromatic heterocycles. The zero-order valence-electron chi connectivity index (χ0n) is 17.1. The van der Waals surface area contributed by atoms with Crippen LogP contribution in [0.4, 0.5) is 4.39 Å². The van der Waals surface area contributed by atoms with Crippen molar-refractivity contribution < 1.29 is 23.4 Å². The highest BCUT2D eigenvalue weighted by Gasteiger charge is 2.08. The lowest BCUT2D eigenvalue weighted by Gasteiger charge is -2.11. The van der Waals surface area contributed by atoms with Crippen molar-refractivity contribution in [3.63, 3.8) is 0 Å². The number of amides is 1. The maximum atomic E-state index is 13.1. The van der Waals surface area contributed by atoms with Gasteiger partial charge in [0.1, 0.15) is 23.1 Å². The van der Waals surface area contributed by atoms with Crippen molar-refractivity contribution in [2.75, 3.05) is 27.4 Å². The molecule has 3 aromatic rings. The molecule has 1 N–H and O–H groups in total. The van der Waals surface area contributed by atoms with Gasteiger partial charge in [-0.3, -0.25) is 9.59 Å². The highest BCUT2D eigenvalue weighted by atomic mass is 19.1. The highest BCUT2D eigenvalue weighted by Crippen LogP contribution is 2.27. The first-order valence-electron chi connectivity index (χ1n) is 9.45. The molecule has 0 saturated heterocycles. The van der Waals surface area contributed by atoms with Gasteiger partial charge in [0.2, 0.25) is 0 Å². The van der Waals surface area contributed by atoms with Gasteiger partial charge in [0.15, 0.2) is 6.61 Å². The number of carbonyl (C=O) groups is 1. The number of aromatic nitrogens is 2. The topological polar surface area (TPSA) is 91.7 Å². The fourth-order valence-electron chi connectivity index (χ4n) is 2.75. The second-order valence-corrected chi connectivity index (χ2v) is 6.47. The number of hydrogen-bond acceptors (Lipinski definition) is 6. The first-order valence-corrected chi connectivity index (χ1v) is 9.45. The molecule has 0 aliphatic heterocycles. The van der Waals surface area contributed by atoms with Gasteiger partial charge in [-0.25, -0.2) is 9.07 Å². The lowest BCUT2D eigenvalue weighted by Crippen LogP contribution is -2.34. The van der Waals surface area contributed by atoms with E-state index in [-0.39, 0.29) is 37.0 Å². The third kappa shape index (κ3) is 6.05. The van der Waals surface area contributed by atoms with Crippen LogP contribution in [0.3, 0.4) is 0 Å². The summed E-state index contributed by atoms with van der Waals surface area (Å²) in [7, 11) is 3.04. The van der Waals surface area contributed by atoms with Gasteiger partial charge >= 0.3 is 0 Å². The standard InChI is InChI=1S/C22H22FN3O5/c1-29-17-11-18(30-2)13-19(12-17)31-14-21(27)24-9-10-26-22(28)8-7-20(25-26)15-3-5-16(23)6-4-15/h3-8,11-13H,9-10,14H2,1-2H3,(H,24,27). The minimum Gasteiger partial charge on any atom is -0.496 e. The van der Waals surface area contributed by atoms with Gasteiger partial charge in [-0.1, -0.05) is 0 Å². The molecule has 3 rings (SSSR count). The monoisotopic (exact) mass is 427 g/mol. The summed E-state index contributed by atoms with van der Waals surface area (Å²) in [5.41, 5.74) is 0.905. The van der Waals surface area contributed by atoms with Crippen molar-refractivity contribution in [3.05, 3.63) is 70.8 Å². The normalized spacial score (nSPS) is 10.4. The Bertz CT molecular complexity index is 1080. The maximum absolute atomic E-state index is 13.1. The fraction of sp³-hybridized carbons (Fsp3) is 0.227. The van der Waals surface area contributed by atoms with Crippen LogP contribution in [-0.4, -0.2) is 43.1 Å². The quantitative estimate of drug-likeness (QED) is 0.563. The van der Waals surface area contributed by atoms with Gasteiger partial charge in [0.05, 0.1) is 26.5 Å². The Labute approximate surface area is 178 Å². The third-order valence-corrected chi connectivity index (χ3v) is 4.35. The largest absolute Gasteiger partial charge is 0.496 e. The SMILES string of the molecule is COc1cc(OC)cc(OCC(=O)NCCn2nc(-c3ccc(F)cc3)ccc2=O)c1. The maximum Gasteiger partial charge on any atom is 0.266 e. The second-order valence-electron chi connectivity index (χ2n) is 6.47. The molecule has 2 aromatic carbocycles. The molecule has 0 unspecified atom stereocenters. The van der Waals surface area contributed by atoms with E-state index >= 15 is 0 Å². The molecule has 1 amide bonds. The number of halogens is 1. The molecule has 31 heavy (non-hydrogen) atoms. The molecule has 0 spiro atoms. The van der Waals surface area contributed by atoms with E-state index in [9.17, 15) is 14.0 Å². The average molecular weight is 427 g/mol. The van der Waals surface area contributed by atoms with Gasteiger partial charge < -0.3 is 19.5 Å². The van der Waals surface area contributed by atoms with Crippen molar-refractivity contribution in [2.24, 2.45) is 0 Å². The third-order valence-electron chi connectivity index (χ3n) is 4.35. The Kier molecular flexibility index (Phi) is 7.21. The molecule has 1 heterocycles. The van der Waals surface area contributed by atoms with Crippen molar-refractivity contribution in [1.82, 2.24) is 15.1 Å². The summed E-state index contributed by atoms with van der Waals surface area (Å²) in [5.74, 6) is 0.803. The van der Waals surface area contributed by atoms with E-state index in [1.807, 2.05) is 0 Å². The Morgan fingerprint density at radius 2 is 1.65 bits per heavy atom. The zero-order valence-corrected chi connectivity index (χ0v) is 17.1. The van der Waals surface area contributed by atoms with Crippen molar-refractivity contribution in [1.29, 1.82) is 0 Å². The predicted molar refractivity (Wildman–Crippen MR) is 112 cm³/mol. The number of methoxy groups -OCH3 is 2. The van der Waals surface area contributed by atoms with Crippen molar-refractivity contribution >= 4 is 5.91 Å². The van der Waals surface area contributed by atoms with E-state index in [1.54, 1.807) is 36.4 Å². The molecule has 0 bridgehead atoms. The van der Waals surface area contributed by atoms with E-state index in [0.717, 1.165) is 0 Å². The number of hydrogen-bond donors (Lipinski definition) is 1. The van der Waals surface area contributed by atoms with Gasteiger partial charge in [0, 0.05) is 36.4 Å². The first-order chi connectivity index (χ1) is 15.0. The molecule has 9 heteroatoms. The van der Waals surface area contributed by atoms with Gasteiger partial charge in [-0.05, 0) is 30.3 Å². The molecular weight excluding hydrogens is 405 g/mol. The lowest BCUT2D eigenvalue weighted by atomic mass is 10.1. The molecule has 8 nitrogen and oxygen atoms in total. The van der Waals surface area contributed by atoms with Gasteiger partial charge in [-0.15, -0.1) is 0 Å². The number of rotatable bonds is 9. The Morgan fingerprint density at radius 1 is 1.00 bits per heavy atom. The number of nitrogens with zero attached hydrogens (tertiary/aromatic N) is 2. The van der Waals surface area contributed by atoms with Crippen LogP contribution in [-0.2, 0) is 11.3 Å². The minimum absolute atomic E-state index is 0.173. The lowest BCUT2D eigenvalue weighted by molar-refractivity contribution is -0.123. The van der Waals surface area contributed by atoms with Crippen molar-refractivity contribution in [2.45, 2.75) is 6.54 Å². The van der Waals surface area contributed by atoms with Crippen LogP contribution in [0, 0.1) is 5.82 Å². The molecular formula is C22H22FN3O5. The van der Waals surface area contributed by atoms with Gasteiger partial charge in [0.25, 0.3) is 11.5 Å². The Balaban J connectivity index is 1.54. The summed E-state index contributed by atoms with van der Waals surface area (Å²) in [6.07, 6.45) is 0. The van der Waals surface area contributed by atoms with E-state index in [1.165, 1.54) is 37.1 Å². The smallest absolute Gasteiger partial charge is 0.266 e. The van der Waals surface area contributed by atoms with Gasteiger partial charge in [-0.2, -0.15) is 5.10 Å². The van der Waals surface area contributed by atoms with Crippen LogP contribution in [0.5, 0.6) is 17.2 Å². The second kappa shape index (κ2) is 10.2. The average Bonchev–Trinajstić information content (AvgIpc) is 2.79. The summed E-state index contributed by atoms with van der Waals surface area (Å²) in [4.78, 5) is 24.1. The number of nitrogens with one attached hydrogen (secondary N) is 1. The summed E-state index contributed by atoms with van der Waals surface area (Å²) >= 11 is 0. The van der Waals surface area contributed by atoms with Crippen LogP contribution in [0.15, 0.2) is 59.4 Å². The summed E-state index contributed by atoms with van der Waals surface area (Å²) in [5, 5.41) is 6.95. The number of carbonyl (C=O) groups excluding carboxylic acids is 1. The molecule has 0 radical (unpaired) electrons. The highest BCUT2D eigenvalue weighted by molar-refractivity contribution is 5.77. The Hall–Kier alpha value is -3.88. The molecule has 0 aliphatic carbocycles. The van der Waals surface area contributed by atoms with Crippen molar-refractivity contribution in [3.8, 4) is 28.5 Å². The van der Waals surface area contributed by atoms with Crippen LogP contribution in [0.1, 0.15) is 0 Å². The van der Waals surface area contributed by atoms with E-state index < -0.39 is 0 Å².